The lowest BCUT2D eigenvalue weighted by Crippen LogP contribution is -2.40. The number of hydroxylamine groups is 1. The third kappa shape index (κ3) is 4.46. The van der Waals surface area contributed by atoms with Crippen LogP contribution in [-0.2, 0) is 21.0 Å². The van der Waals surface area contributed by atoms with Crippen LogP contribution in [0.4, 0.5) is 18.0 Å². The molecule has 7 nitrogen and oxygen atoms in total. The molecule has 1 aromatic carbocycles. The van der Waals surface area contributed by atoms with E-state index in [1.54, 1.807) is 0 Å². The Kier molecular flexibility index (Phi) is 5.13. The summed E-state index contributed by atoms with van der Waals surface area (Å²) in [6.45, 7) is 0.0391. The summed E-state index contributed by atoms with van der Waals surface area (Å²) in [5.41, 5.74) is 1.19. The Hall–Kier alpha value is -1.85. The molecule has 1 atom stereocenters. The monoisotopic (exact) mass is 393 g/mol. The van der Waals surface area contributed by atoms with E-state index in [1.165, 1.54) is 0 Å². The van der Waals surface area contributed by atoms with E-state index < -0.39 is 38.8 Å². The van der Waals surface area contributed by atoms with Gasteiger partial charge in [-0.15, -0.1) is 0 Å². The van der Waals surface area contributed by atoms with E-state index in [1.807, 2.05) is 0 Å². The molecule has 3 rings (SSSR count). The quantitative estimate of drug-likeness (QED) is 0.748. The van der Waals surface area contributed by atoms with Gasteiger partial charge in [-0.1, -0.05) is 6.07 Å². The van der Waals surface area contributed by atoms with Crippen LogP contribution in [0.3, 0.4) is 0 Å². The standard InChI is InChI=1S/C15H18F3N3O4S/c16-15(17,18)10-2-1-3-13(8-10)26(23,24)21-7-6-12(9-21)25-20-14(22)19-11-4-5-11/h1-3,8,11-12H,4-7,9H2,(H2,19,20,22)/t12-/m1/s1. The summed E-state index contributed by atoms with van der Waals surface area (Å²) in [6.07, 6.45) is -3.04. The number of nitrogens with one attached hydrogen (secondary N) is 2. The summed E-state index contributed by atoms with van der Waals surface area (Å²) >= 11 is 0. The molecular weight excluding hydrogens is 375 g/mol. The lowest BCUT2D eigenvalue weighted by Gasteiger charge is -2.18. The highest BCUT2D eigenvalue weighted by Crippen LogP contribution is 2.31. The van der Waals surface area contributed by atoms with Crippen molar-refractivity contribution >= 4 is 16.1 Å². The number of amides is 2. The average Bonchev–Trinajstić information content (AvgIpc) is 3.25. The zero-order valence-electron chi connectivity index (χ0n) is 13.6. The van der Waals surface area contributed by atoms with Crippen molar-refractivity contribution < 1.29 is 31.2 Å². The van der Waals surface area contributed by atoms with E-state index >= 15 is 0 Å². The van der Waals surface area contributed by atoms with Crippen molar-refractivity contribution in [3.05, 3.63) is 29.8 Å². The predicted molar refractivity (Wildman–Crippen MR) is 84.4 cm³/mol. The van der Waals surface area contributed by atoms with Crippen LogP contribution in [0.15, 0.2) is 29.2 Å². The first-order valence-electron chi connectivity index (χ1n) is 8.06. The largest absolute Gasteiger partial charge is 0.416 e. The normalized spacial score (nSPS) is 21.6. The van der Waals surface area contributed by atoms with Crippen LogP contribution in [0.5, 0.6) is 0 Å². The van der Waals surface area contributed by atoms with Crippen molar-refractivity contribution in [3.63, 3.8) is 0 Å². The molecule has 0 spiro atoms. The van der Waals surface area contributed by atoms with Crippen LogP contribution in [-0.4, -0.2) is 44.0 Å². The molecule has 1 aromatic rings. The summed E-state index contributed by atoms with van der Waals surface area (Å²) in [5.74, 6) is 0. The fourth-order valence-electron chi connectivity index (χ4n) is 2.57. The average molecular weight is 393 g/mol. The Bertz CT molecular complexity index is 781. The first-order chi connectivity index (χ1) is 12.2. The lowest BCUT2D eigenvalue weighted by molar-refractivity contribution is -0.137. The minimum Gasteiger partial charge on any atom is -0.334 e. The fraction of sp³-hybridized carbons (Fsp3) is 0.533. The van der Waals surface area contributed by atoms with E-state index in [2.05, 4.69) is 10.8 Å². The first kappa shape index (κ1) is 18.9. The number of urea groups is 1. The maximum Gasteiger partial charge on any atom is 0.416 e. The first-order valence-corrected chi connectivity index (χ1v) is 9.50. The van der Waals surface area contributed by atoms with Crippen LogP contribution in [0.2, 0.25) is 0 Å². The number of nitrogens with zero attached hydrogens (tertiary/aromatic N) is 1. The molecule has 0 aromatic heterocycles. The second-order valence-electron chi connectivity index (χ2n) is 6.27. The smallest absolute Gasteiger partial charge is 0.334 e. The molecule has 0 unspecified atom stereocenters. The summed E-state index contributed by atoms with van der Waals surface area (Å²) in [5, 5.41) is 2.65. The van der Waals surface area contributed by atoms with Gasteiger partial charge in [-0.05, 0) is 37.5 Å². The van der Waals surface area contributed by atoms with Crippen molar-refractivity contribution in [2.45, 2.75) is 42.5 Å². The number of sulfonamides is 1. The minimum atomic E-state index is -4.62. The van der Waals surface area contributed by atoms with Gasteiger partial charge in [0.25, 0.3) is 0 Å². The van der Waals surface area contributed by atoms with E-state index in [0.29, 0.717) is 12.5 Å². The highest BCUT2D eigenvalue weighted by molar-refractivity contribution is 7.89. The number of alkyl halides is 3. The van der Waals surface area contributed by atoms with Crippen LogP contribution in [0.1, 0.15) is 24.8 Å². The minimum absolute atomic E-state index is 0.0533. The number of hydrogen-bond acceptors (Lipinski definition) is 4. The molecule has 2 fully saturated rings. The van der Waals surface area contributed by atoms with Gasteiger partial charge < -0.3 is 5.32 Å². The van der Waals surface area contributed by atoms with Crippen molar-refractivity contribution in [1.29, 1.82) is 0 Å². The molecule has 2 aliphatic rings. The van der Waals surface area contributed by atoms with E-state index in [-0.39, 0.29) is 19.1 Å². The second-order valence-corrected chi connectivity index (χ2v) is 8.20. The molecular formula is C15H18F3N3O4S. The molecule has 11 heteroatoms. The number of carbonyl (C=O) groups is 1. The van der Waals surface area contributed by atoms with Crippen LogP contribution in [0.25, 0.3) is 0 Å². The van der Waals surface area contributed by atoms with E-state index in [0.717, 1.165) is 35.3 Å². The highest BCUT2D eigenvalue weighted by Gasteiger charge is 2.36. The Morgan fingerprint density at radius 1 is 1.23 bits per heavy atom. The molecule has 1 heterocycles. The fourth-order valence-corrected chi connectivity index (χ4v) is 4.11. The van der Waals surface area contributed by atoms with Crippen molar-refractivity contribution in [3.8, 4) is 0 Å². The Morgan fingerprint density at radius 2 is 1.96 bits per heavy atom. The highest BCUT2D eigenvalue weighted by atomic mass is 32.2. The molecule has 144 valence electrons. The third-order valence-electron chi connectivity index (χ3n) is 4.14. The van der Waals surface area contributed by atoms with Gasteiger partial charge in [0.2, 0.25) is 10.0 Å². The van der Waals surface area contributed by atoms with Crippen molar-refractivity contribution in [2.75, 3.05) is 13.1 Å². The maximum atomic E-state index is 12.8. The number of carbonyl (C=O) groups excluding carboxylic acids is 1. The topological polar surface area (TPSA) is 87.7 Å². The lowest BCUT2D eigenvalue weighted by atomic mass is 10.2. The molecule has 1 saturated carbocycles. The molecule has 1 aliphatic heterocycles. The Labute approximate surface area is 148 Å². The molecule has 1 saturated heterocycles. The molecule has 1 aliphatic carbocycles. The molecule has 0 radical (unpaired) electrons. The van der Waals surface area contributed by atoms with E-state index in [9.17, 15) is 26.4 Å². The summed E-state index contributed by atoms with van der Waals surface area (Å²) in [6, 6.07) is 3.28. The number of rotatable bonds is 5. The molecule has 26 heavy (non-hydrogen) atoms. The molecule has 2 amide bonds. The molecule has 2 N–H and O–H groups in total. The SMILES string of the molecule is O=C(NO[C@@H]1CCN(S(=O)(=O)c2cccc(C(F)(F)F)c2)C1)NC1CC1. The molecule has 0 bridgehead atoms. The van der Waals surface area contributed by atoms with Gasteiger partial charge in [-0.3, -0.25) is 4.84 Å². The number of benzene rings is 1. The predicted octanol–water partition coefficient (Wildman–Crippen LogP) is 1.86. The second kappa shape index (κ2) is 7.05. The number of halogens is 3. The van der Waals surface area contributed by atoms with Gasteiger partial charge in [0.05, 0.1) is 10.5 Å². The number of hydrogen-bond donors (Lipinski definition) is 2. The van der Waals surface area contributed by atoms with Crippen molar-refractivity contribution in [1.82, 2.24) is 15.1 Å². The Balaban J connectivity index is 1.61. The van der Waals surface area contributed by atoms with E-state index in [4.69, 9.17) is 4.84 Å². The van der Waals surface area contributed by atoms with Gasteiger partial charge >= 0.3 is 12.2 Å². The van der Waals surface area contributed by atoms with Gasteiger partial charge in [0, 0.05) is 19.1 Å². The summed E-state index contributed by atoms with van der Waals surface area (Å²) in [4.78, 5) is 16.3. The van der Waals surface area contributed by atoms with Gasteiger partial charge in [0.15, 0.2) is 0 Å². The van der Waals surface area contributed by atoms with Gasteiger partial charge in [0.1, 0.15) is 6.10 Å². The van der Waals surface area contributed by atoms with Crippen LogP contribution < -0.4 is 10.8 Å². The van der Waals surface area contributed by atoms with Gasteiger partial charge in [-0.2, -0.15) is 17.5 Å². The summed E-state index contributed by atoms with van der Waals surface area (Å²) < 4.78 is 64.5. The van der Waals surface area contributed by atoms with Crippen LogP contribution >= 0.6 is 0 Å². The van der Waals surface area contributed by atoms with Crippen LogP contribution in [0, 0.1) is 0 Å². The Morgan fingerprint density at radius 3 is 2.62 bits per heavy atom. The van der Waals surface area contributed by atoms with Gasteiger partial charge in [-0.25, -0.2) is 18.7 Å². The summed E-state index contributed by atoms with van der Waals surface area (Å²) in [7, 11) is -4.08. The zero-order valence-corrected chi connectivity index (χ0v) is 14.4. The zero-order chi connectivity index (χ0) is 18.9. The maximum absolute atomic E-state index is 12.8. The van der Waals surface area contributed by atoms with Crippen molar-refractivity contribution in [2.24, 2.45) is 0 Å². The third-order valence-corrected chi connectivity index (χ3v) is 6.00.